The predicted octanol–water partition coefficient (Wildman–Crippen LogP) is 2.21. The van der Waals surface area contributed by atoms with Crippen LogP contribution in [0.4, 0.5) is 5.00 Å². The number of hydrogen-bond donors (Lipinski definition) is 2. The fourth-order valence-electron chi connectivity index (χ4n) is 3.60. The number of rotatable bonds is 7. The topological polar surface area (TPSA) is 132 Å². The van der Waals surface area contributed by atoms with Crippen molar-refractivity contribution in [3.05, 3.63) is 50.7 Å². The molecule has 176 valence electrons. The summed E-state index contributed by atoms with van der Waals surface area (Å²) in [6.45, 7) is 2.53. The molecule has 0 fully saturated rings. The number of methoxy groups -OCH3 is 1. The zero-order valence-corrected chi connectivity index (χ0v) is 20.2. The second kappa shape index (κ2) is 10.1. The van der Waals surface area contributed by atoms with Crippen molar-refractivity contribution in [1.29, 1.82) is 5.26 Å². The molecule has 0 bridgehead atoms. The molecule has 0 aliphatic carbocycles. The largest absolute Gasteiger partial charge is 0.497 e. The van der Waals surface area contributed by atoms with Crippen LogP contribution < -0.4 is 20.4 Å². The van der Waals surface area contributed by atoms with Gasteiger partial charge in [-0.25, -0.2) is 4.79 Å². The Morgan fingerprint density at radius 1 is 1.38 bits per heavy atom. The van der Waals surface area contributed by atoms with Crippen molar-refractivity contribution in [2.75, 3.05) is 24.7 Å². The smallest absolute Gasteiger partial charge is 0.442 e. The SMILES string of the molecule is COc1ccc(-[n+]2[nH]oc(=O)c2SCCC(=O)Nc2sc3c(c2C#N)CCN(C(C)=O)C3)cc1. The Bertz CT molecular complexity index is 1320. The molecule has 0 atom stereocenters. The fraction of sp³-hybridized carbons (Fsp3) is 0.318. The van der Waals surface area contributed by atoms with Gasteiger partial charge in [0.15, 0.2) is 0 Å². The van der Waals surface area contributed by atoms with Crippen LogP contribution >= 0.6 is 23.1 Å². The van der Waals surface area contributed by atoms with Crippen molar-refractivity contribution in [2.45, 2.75) is 31.3 Å². The molecule has 0 unspecified atom stereocenters. The number of nitriles is 1. The predicted molar refractivity (Wildman–Crippen MR) is 125 cm³/mol. The number of H-pyrrole nitrogens is 1. The number of benzene rings is 1. The number of nitrogens with zero attached hydrogens (tertiary/aromatic N) is 3. The lowest BCUT2D eigenvalue weighted by atomic mass is 10.0. The second-order valence-electron chi connectivity index (χ2n) is 7.48. The summed E-state index contributed by atoms with van der Waals surface area (Å²) in [7, 11) is 1.57. The lowest BCUT2D eigenvalue weighted by Crippen LogP contribution is -2.36. The van der Waals surface area contributed by atoms with E-state index in [4.69, 9.17) is 9.26 Å². The van der Waals surface area contributed by atoms with Gasteiger partial charge >= 0.3 is 10.7 Å². The molecule has 0 radical (unpaired) electrons. The van der Waals surface area contributed by atoms with Crippen molar-refractivity contribution in [2.24, 2.45) is 0 Å². The third-order valence-electron chi connectivity index (χ3n) is 5.37. The second-order valence-corrected chi connectivity index (χ2v) is 9.67. The number of nitrogens with one attached hydrogen (secondary N) is 2. The molecule has 2 aromatic heterocycles. The van der Waals surface area contributed by atoms with Gasteiger partial charge in [-0.1, -0.05) is 0 Å². The number of anilines is 1. The summed E-state index contributed by atoms with van der Waals surface area (Å²) in [4.78, 5) is 39.1. The zero-order valence-electron chi connectivity index (χ0n) is 18.5. The van der Waals surface area contributed by atoms with E-state index in [0.29, 0.717) is 52.3 Å². The van der Waals surface area contributed by atoms with Gasteiger partial charge in [0.05, 0.1) is 19.2 Å². The molecule has 2 N–H and O–H groups in total. The van der Waals surface area contributed by atoms with E-state index >= 15 is 0 Å². The number of aromatic nitrogens is 2. The van der Waals surface area contributed by atoms with Crippen LogP contribution in [-0.2, 0) is 22.6 Å². The molecule has 1 aliphatic heterocycles. The van der Waals surface area contributed by atoms with Crippen molar-refractivity contribution in [3.8, 4) is 17.5 Å². The van der Waals surface area contributed by atoms with Gasteiger partial charge in [-0.3, -0.25) is 14.1 Å². The molecule has 34 heavy (non-hydrogen) atoms. The summed E-state index contributed by atoms with van der Waals surface area (Å²) in [5.41, 5.74) is 1.52. The molecule has 0 spiro atoms. The number of ether oxygens (including phenoxy) is 1. The van der Waals surface area contributed by atoms with Gasteiger partial charge in [0.2, 0.25) is 17.5 Å². The molecule has 0 saturated carbocycles. The average molecular weight is 501 g/mol. The summed E-state index contributed by atoms with van der Waals surface area (Å²) in [6.07, 6.45) is 0.722. The molecule has 0 saturated heterocycles. The number of carbonyl (C=O) groups is 2. The minimum absolute atomic E-state index is 0.0127. The molecular formula is C22H22N5O5S2+. The lowest BCUT2D eigenvalue weighted by molar-refractivity contribution is -0.704. The van der Waals surface area contributed by atoms with Gasteiger partial charge < -0.3 is 15.0 Å². The molecule has 10 nitrogen and oxygen atoms in total. The van der Waals surface area contributed by atoms with Gasteiger partial charge in [-0.2, -0.15) is 5.26 Å². The Morgan fingerprint density at radius 2 is 2.15 bits per heavy atom. The first-order valence-corrected chi connectivity index (χ1v) is 12.2. The van der Waals surface area contributed by atoms with Crippen molar-refractivity contribution < 1.29 is 23.5 Å². The van der Waals surface area contributed by atoms with Gasteiger partial charge in [0.25, 0.3) is 0 Å². The highest BCUT2D eigenvalue weighted by Crippen LogP contribution is 2.36. The van der Waals surface area contributed by atoms with E-state index in [-0.39, 0.29) is 18.2 Å². The van der Waals surface area contributed by atoms with E-state index in [1.165, 1.54) is 34.7 Å². The van der Waals surface area contributed by atoms with E-state index in [1.54, 1.807) is 36.3 Å². The monoisotopic (exact) mass is 500 g/mol. The first-order valence-electron chi connectivity index (χ1n) is 10.4. The first kappa shape index (κ1) is 23.6. The quantitative estimate of drug-likeness (QED) is 0.375. The van der Waals surface area contributed by atoms with E-state index in [0.717, 1.165) is 10.4 Å². The normalized spacial score (nSPS) is 12.7. The van der Waals surface area contributed by atoms with Gasteiger partial charge in [-0.15, -0.1) is 11.3 Å². The van der Waals surface area contributed by atoms with E-state index in [2.05, 4.69) is 16.7 Å². The molecule has 3 aromatic rings. The van der Waals surface area contributed by atoms with Crippen LogP contribution in [0.15, 0.2) is 38.6 Å². The molecule has 12 heteroatoms. The Kier molecular flexibility index (Phi) is 7.04. The number of hydrogen-bond acceptors (Lipinski definition) is 8. The number of fused-ring (bicyclic) bond motifs is 1. The highest BCUT2D eigenvalue weighted by Gasteiger charge is 2.27. The summed E-state index contributed by atoms with van der Waals surface area (Å²) >= 11 is 2.53. The average Bonchev–Trinajstić information content (AvgIpc) is 3.37. The Balaban J connectivity index is 1.40. The van der Waals surface area contributed by atoms with E-state index in [1.807, 2.05) is 0 Å². The first-order chi connectivity index (χ1) is 16.4. The highest BCUT2D eigenvalue weighted by atomic mass is 32.2. The minimum Gasteiger partial charge on any atom is -0.497 e. The van der Waals surface area contributed by atoms with Crippen molar-refractivity contribution in [1.82, 2.24) is 10.2 Å². The summed E-state index contributed by atoms with van der Waals surface area (Å²) in [5, 5.41) is 15.8. The lowest BCUT2D eigenvalue weighted by Gasteiger charge is -2.25. The van der Waals surface area contributed by atoms with Crippen LogP contribution in [0.2, 0.25) is 0 Å². The summed E-state index contributed by atoms with van der Waals surface area (Å²) < 4.78 is 11.6. The van der Waals surface area contributed by atoms with Crippen molar-refractivity contribution >= 4 is 39.9 Å². The summed E-state index contributed by atoms with van der Waals surface area (Å²) in [5.74, 6) is 0.737. The van der Waals surface area contributed by atoms with Crippen LogP contribution in [0.3, 0.4) is 0 Å². The molecule has 3 heterocycles. The standard InChI is InChI=1S/C22H21N5O5S2/c1-13(28)26-9-7-16-17(11-23)20(34-18(16)12-26)24-19(29)8-10-33-21-22(30)32-25-27(21)14-3-5-15(31-2)6-4-14/h3-6H,7-10,12H2,1-2H3,(H-,24,25,29,30)/p+1. The maximum atomic E-state index is 12.6. The fourth-order valence-corrected chi connectivity index (χ4v) is 5.74. The van der Waals surface area contributed by atoms with Crippen LogP contribution in [-0.4, -0.2) is 41.4 Å². The summed E-state index contributed by atoms with van der Waals surface area (Å²) in [6, 6.07) is 9.26. The van der Waals surface area contributed by atoms with Crippen LogP contribution in [0.25, 0.3) is 5.69 Å². The van der Waals surface area contributed by atoms with Crippen LogP contribution in [0.5, 0.6) is 5.75 Å². The van der Waals surface area contributed by atoms with Crippen LogP contribution in [0, 0.1) is 11.3 Å². The van der Waals surface area contributed by atoms with Crippen LogP contribution in [0.1, 0.15) is 29.3 Å². The minimum atomic E-state index is -0.533. The highest BCUT2D eigenvalue weighted by molar-refractivity contribution is 7.99. The van der Waals surface area contributed by atoms with E-state index in [9.17, 15) is 19.6 Å². The maximum Gasteiger partial charge on any atom is 0.442 e. The van der Waals surface area contributed by atoms with Gasteiger partial charge in [-0.05, 0) is 45.8 Å². The Labute approximate surface area is 203 Å². The molecular weight excluding hydrogens is 478 g/mol. The number of thioether (sulfide) groups is 1. The molecule has 1 aromatic carbocycles. The van der Waals surface area contributed by atoms with Gasteiger partial charge in [0.1, 0.15) is 16.8 Å². The Morgan fingerprint density at radius 3 is 2.82 bits per heavy atom. The molecule has 2 amide bonds. The molecule has 1 aliphatic rings. The zero-order chi connectivity index (χ0) is 24.2. The third kappa shape index (κ3) is 4.85. The number of aromatic amines is 1. The third-order valence-corrected chi connectivity index (χ3v) is 7.54. The molecule has 4 rings (SSSR count). The number of thiophene rings is 1. The number of amides is 2. The van der Waals surface area contributed by atoms with E-state index < -0.39 is 5.63 Å². The number of carbonyl (C=O) groups excluding carboxylic acids is 2. The Hall–Kier alpha value is -3.56. The maximum absolute atomic E-state index is 12.6. The van der Waals surface area contributed by atoms with Gasteiger partial charge in [0, 0.05) is 42.7 Å². The van der Waals surface area contributed by atoms with Crippen molar-refractivity contribution in [3.63, 3.8) is 0 Å².